The lowest BCUT2D eigenvalue weighted by Gasteiger charge is -2.21. The number of esters is 1. The molecule has 5 rings (SSSR count). The third-order valence-corrected chi connectivity index (χ3v) is 8.96. The first kappa shape index (κ1) is 25.2. The van der Waals surface area contributed by atoms with E-state index in [4.69, 9.17) is 4.74 Å². The summed E-state index contributed by atoms with van der Waals surface area (Å²) in [5.74, 6) is -0.926. The summed E-state index contributed by atoms with van der Waals surface area (Å²) in [4.78, 5) is 28.6. The Morgan fingerprint density at radius 1 is 1.11 bits per heavy atom. The Balaban J connectivity index is 1.71. The molecule has 0 amide bonds. The van der Waals surface area contributed by atoms with Gasteiger partial charge < -0.3 is 14.3 Å². The molecular formula is C27H22BrFN2O5S. The number of carbonyl (C=O) groups is 1. The molecule has 2 heterocycles. The topological polar surface area (TPSA) is 98.2 Å². The van der Waals surface area contributed by atoms with Gasteiger partial charge in [-0.25, -0.2) is 17.6 Å². The van der Waals surface area contributed by atoms with E-state index in [0.717, 1.165) is 11.1 Å². The maximum atomic E-state index is 13.5. The van der Waals surface area contributed by atoms with Crippen molar-refractivity contribution in [3.05, 3.63) is 104 Å². The van der Waals surface area contributed by atoms with Crippen LogP contribution in [0.3, 0.4) is 0 Å². The molecule has 10 heteroatoms. The number of benzene rings is 2. The summed E-state index contributed by atoms with van der Waals surface area (Å²) in [7, 11) is -4.04. The van der Waals surface area contributed by atoms with Crippen molar-refractivity contribution >= 4 is 31.7 Å². The van der Waals surface area contributed by atoms with E-state index in [1.165, 1.54) is 30.3 Å². The zero-order valence-electron chi connectivity index (χ0n) is 19.8. The maximum absolute atomic E-state index is 13.5. The molecule has 2 aromatic heterocycles. The van der Waals surface area contributed by atoms with Crippen molar-refractivity contribution in [1.29, 1.82) is 0 Å². The van der Waals surface area contributed by atoms with Crippen LogP contribution in [0.2, 0.25) is 0 Å². The van der Waals surface area contributed by atoms with E-state index < -0.39 is 21.4 Å². The number of H-pyrrole nitrogens is 1. The highest BCUT2D eigenvalue weighted by Gasteiger charge is 2.33. The molecule has 0 spiro atoms. The number of nitrogens with zero attached hydrogens (tertiary/aromatic N) is 1. The van der Waals surface area contributed by atoms with Crippen molar-refractivity contribution in [3.63, 3.8) is 0 Å². The fraction of sp³-hybridized carbons (Fsp3) is 0.185. The van der Waals surface area contributed by atoms with Gasteiger partial charge >= 0.3 is 5.97 Å². The van der Waals surface area contributed by atoms with Crippen LogP contribution in [0.15, 0.2) is 79.7 Å². The normalized spacial score (nSPS) is 12.6. The molecule has 37 heavy (non-hydrogen) atoms. The molecule has 0 atom stereocenters. The van der Waals surface area contributed by atoms with Crippen molar-refractivity contribution < 1.29 is 22.3 Å². The van der Waals surface area contributed by atoms with E-state index in [-0.39, 0.29) is 34.5 Å². The molecule has 0 saturated heterocycles. The zero-order valence-corrected chi connectivity index (χ0v) is 22.2. The summed E-state index contributed by atoms with van der Waals surface area (Å²) >= 11 is 3.56. The van der Waals surface area contributed by atoms with Crippen LogP contribution in [-0.2, 0) is 34.0 Å². The van der Waals surface area contributed by atoms with Gasteiger partial charge in [0.25, 0.3) is 5.56 Å². The highest BCUT2D eigenvalue weighted by molar-refractivity contribution is 9.10. The number of aromatic amines is 1. The molecule has 1 aliphatic carbocycles. The highest BCUT2D eigenvalue weighted by atomic mass is 79.9. The second-order valence-electron chi connectivity index (χ2n) is 8.60. The van der Waals surface area contributed by atoms with E-state index in [1.807, 2.05) is 0 Å². The Kier molecular flexibility index (Phi) is 6.63. The molecule has 1 N–H and O–H groups in total. The molecule has 0 saturated carbocycles. The van der Waals surface area contributed by atoms with Gasteiger partial charge in [-0.3, -0.25) is 4.79 Å². The predicted molar refractivity (Wildman–Crippen MR) is 139 cm³/mol. The van der Waals surface area contributed by atoms with Crippen molar-refractivity contribution in [1.82, 2.24) is 9.55 Å². The SMILES string of the molecule is CCOC(=O)c1c(Br)c2c(n1Cc1ccc(F)cc1)-c1[nH]c(=O)c(S(=O)(=O)c3ccccc3)cc1CC2. The molecule has 4 aromatic rings. The number of fused-ring (bicyclic) bond motifs is 3. The summed E-state index contributed by atoms with van der Waals surface area (Å²) in [5.41, 5.74) is 2.71. The zero-order chi connectivity index (χ0) is 26.3. The van der Waals surface area contributed by atoms with Crippen molar-refractivity contribution in [2.45, 2.75) is 36.1 Å². The number of nitrogens with one attached hydrogen (secondary N) is 1. The average molecular weight is 585 g/mol. The maximum Gasteiger partial charge on any atom is 0.356 e. The van der Waals surface area contributed by atoms with Crippen LogP contribution >= 0.6 is 15.9 Å². The molecule has 2 aromatic carbocycles. The smallest absolute Gasteiger partial charge is 0.356 e. The fourth-order valence-corrected chi connectivity index (χ4v) is 6.75. The largest absolute Gasteiger partial charge is 0.461 e. The van der Waals surface area contributed by atoms with Crippen LogP contribution in [0.5, 0.6) is 0 Å². The summed E-state index contributed by atoms with van der Waals surface area (Å²) in [5, 5.41) is 0. The first-order valence-electron chi connectivity index (χ1n) is 11.6. The van der Waals surface area contributed by atoms with Gasteiger partial charge in [0.05, 0.1) is 27.4 Å². The standard InChI is InChI=1S/C27H22BrFN2O5S/c1-2-36-27(33)25-22(28)20-13-10-17-14-21(37(34,35)19-6-4-3-5-7-19)26(32)30-23(17)24(20)31(25)15-16-8-11-18(29)12-9-16/h3-9,11-12,14H,2,10,13,15H2,1H3,(H,30,32). The number of carbonyl (C=O) groups excluding carboxylic acids is 1. The molecule has 7 nitrogen and oxygen atoms in total. The van der Waals surface area contributed by atoms with Gasteiger partial charge in [-0.2, -0.15) is 0 Å². The third-order valence-electron chi connectivity index (χ3n) is 6.33. The number of ether oxygens (including phenoxy) is 1. The van der Waals surface area contributed by atoms with Crippen LogP contribution in [0.1, 0.15) is 34.1 Å². The Labute approximate surface area is 221 Å². The second-order valence-corrected chi connectivity index (χ2v) is 11.3. The van der Waals surface area contributed by atoms with E-state index in [0.29, 0.717) is 34.3 Å². The van der Waals surface area contributed by atoms with Crippen molar-refractivity contribution in [2.75, 3.05) is 6.61 Å². The van der Waals surface area contributed by atoms with E-state index in [2.05, 4.69) is 20.9 Å². The predicted octanol–water partition coefficient (Wildman–Crippen LogP) is 4.90. The van der Waals surface area contributed by atoms with Crippen LogP contribution in [0.25, 0.3) is 11.4 Å². The lowest BCUT2D eigenvalue weighted by Crippen LogP contribution is -2.22. The quantitative estimate of drug-likeness (QED) is 0.325. The monoisotopic (exact) mass is 584 g/mol. The van der Waals surface area contributed by atoms with Gasteiger partial charge in [-0.1, -0.05) is 30.3 Å². The van der Waals surface area contributed by atoms with E-state index in [1.54, 1.807) is 41.8 Å². The van der Waals surface area contributed by atoms with Gasteiger partial charge in [0.1, 0.15) is 16.4 Å². The number of hydrogen-bond donors (Lipinski definition) is 1. The lowest BCUT2D eigenvalue weighted by atomic mass is 9.94. The Bertz CT molecular complexity index is 1680. The first-order chi connectivity index (χ1) is 17.7. The van der Waals surface area contributed by atoms with Gasteiger partial charge in [0.2, 0.25) is 9.84 Å². The first-order valence-corrected chi connectivity index (χ1v) is 13.9. The number of rotatable bonds is 6. The van der Waals surface area contributed by atoms with Gasteiger partial charge in [-0.15, -0.1) is 0 Å². The van der Waals surface area contributed by atoms with Crippen molar-refractivity contribution in [2.24, 2.45) is 0 Å². The van der Waals surface area contributed by atoms with Gasteiger partial charge in [0, 0.05) is 6.54 Å². The van der Waals surface area contributed by atoms with Crippen LogP contribution in [-0.4, -0.2) is 30.5 Å². The second kappa shape index (κ2) is 9.75. The number of pyridine rings is 1. The molecular weight excluding hydrogens is 563 g/mol. The Morgan fingerprint density at radius 3 is 2.49 bits per heavy atom. The molecule has 0 radical (unpaired) electrons. The number of halogens is 2. The fourth-order valence-electron chi connectivity index (χ4n) is 4.63. The minimum Gasteiger partial charge on any atom is -0.461 e. The van der Waals surface area contributed by atoms with Crippen LogP contribution in [0.4, 0.5) is 4.39 Å². The molecule has 0 aliphatic heterocycles. The summed E-state index contributed by atoms with van der Waals surface area (Å²) in [6.07, 6.45) is 0.959. The Morgan fingerprint density at radius 2 is 1.81 bits per heavy atom. The summed E-state index contributed by atoms with van der Waals surface area (Å²) in [6.45, 7) is 2.08. The number of sulfone groups is 1. The highest BCUT2D eigenvalue weighted by Crippen LogP contribution is 2.41. The molecule has 0 unspecified atom stereocenters. The molecule has 190 valence electrons. The van der Waals surface area contributed by atoms with Crippen LogP contribution in [0, 0.1) is 5.82 Å². The summed E-state index contributed by atoms with van der Waals surface area (Å²) < 4.78 is 47.6. The van der Waals surface area contributed by atoms with E-state index in [9.17, 15) is 22.4 Å². The van der Waals surface area contributed by atoms with Gasteiger partial charge in [-0.05, 0) is 82.7 Å². The van der Waals surface area contributed by atoms with Crippen LogP contribution < -0.4 is 5.56 Å². The Hall–Kier alpha value is -3.50. The minimum absolute atomic E-state index is 0.0315. The number of hydrogen-bond acceptors (Lipinski definition) is 5. The third kappa shape index (κ3) is 4.44. The van der Waals surface area contributed by atoms with Crippen molar-refractivity contribution in [3.8, 4) is 11.4 Å². The van der Waals surface area contributed by atoms with E-state index >= 15 is 0 Å². The number of aromatic nitrogens is 2. The number of aryl methyl sites for hydroxylation is 1. The molecule has 0 fully saturated rings. The van der Waals surface area contributed by atoms with Gasteiger partial charge in [0.15, 0.2) is 0 Å². The average Bonchev–Trinajstić information content (AvgIpc) is 3.17. The minimum atomic E-state index is -4.04. The molecule has 1 aliphatic rings. The molecule has 0 bridgehead atoms. The summed E-state index contributed by atoms with van der Waals surface area (Å²) in [6, 6.07) is 15.1. The lowest BCUT2D eigenvalue weighted by molar-refractivity contribution is 0.0513.